The first-order valence-corrected chi connectivity index (χ1v) is 23.8. The third-order valence-corrected chi connectivity index (χ3v) is 13.4. The van der Waals surface area contributed by atoms with Crippen LogP contribution in [0.5, 0.6) is 0 Å². The SMILES string of the molecule is Cc1cccc[c]1[Sn]([Br])([Br])[Br]. The number of hydrogen-bond donors (Lipinski definition) is 0. The second-order valence-electron chi connectivity index (χ2n) is 2.31. The molecule has 0 heterocycles. The van der Waals surface area contributed by atoms with E-state index < -0.39 is 11.7 Å². The molecule has 0 aliphatic rings. The number of rotatable bonds is 1. The zero-order chi connectivity index (χ0) is 8.48. The second-order valence-corrected chi connectivity index (χ2v) is 52.0. The molecule has 0 bridgehead atoms. The van der Waals surface area contributed by atoms with Crippen LogP contribution in [0.4, 0.5) is 0 Å². The Hall–Kier alpha value is 1.46. The first-order valence-electron chi connectivity index (χ1n) is 3.14. The van der Waals surface area contributed by atoms with Crippen molar-refractivity contribution in [3.05, 3.63) is 29.8 Å². The van der Waals surface area contributed by atoms with Crippen LogP contribution in [0.15, 0.2) is 24.3 Å². The van der Waals surface area contributed by atoms with Gasteiger partial charge in [-0.25, -0.2) is 0 Å². The Kier molecular flexibility index (Phi) is 3.94. The van der Waals surface area contributed by atoms with Gasteiger partial charge in [-0.2, -0.15) is 0 Å². The summed E-state index contributed by atoms with van der Waals surface area (Å²) in [5.74, 6) is 0. The first kappa shape index (κ1) is 10.5. The van der Waals surface area contributed by atoms with Gasteiger partial charge in [-0.15, -0.1) is 0 Å². The zero-order valence-electron chi connectivity index (χ0n) is 5.94. The predicted octanol–water partition coefficient (Wildman–Crippen LogP) is 3.33. The Morgan fingerprint density at radius 3 is 2.00 bits per heavy atom. The Morgan fingerprint density at radius 1 is 1.09 bits per heavy atom. The summed E-state index contributed by atoms with van der Waals surface area (Å²) in [6.07, 6.45) is 0. The van der Waals surface area contributed by atoms with E-state index in [9.17, 15) is 0 Å². The number of benzene rings is 1. The molecule has 1 rings (SSSR count). The third kappa shape index (κ3) is 3.01. The molecule has 0 nitrogen and oxygen atoms in total. The van der Waals surface area contributed by atoms with Crippen LogP contribution in [-0.4, -0.2) is 11.7 Å². The fourth-order valence-electron chi connectivity index (χ4n) is 0.891. The van der Waals surface area contributed by atoms with E-state index in [4.69, 9.17) is 0 Å². The summed E-state index contributed by atoms with van der Waals surface area (Å²) in [6, 6.07) is 8.41. The van der Waals surface area contributed by atoms with Gasteiger partial charge in [0.15, 0.2) is 0 Å². The van der Waals surface area contributed by atoms with Gasteiger partial charge in [-0.3, -0.25) is 0 Å². The molecule has 0 saturated carbocycles. The van der Waals surface area contributed by atoms with Gasteiger partial charge in [-0.1, -0.05) is 0 Å². The van der Waals surface area contributed by atoms with Gasteiger partial charge in [0.1, 0.15) is 0 Å². The molecule has 0 amide bonds. The van der Waals surface area contributed by atoms with E-state index in [1.54, 1.807) is 0 Å². The molecule has 0 atom stereocenters. The summed E-state index contributed by atoms with van der Waals surface area (Å²) < 4.78 is 1.40. The minimum absolute atomic E-state index is 1.34. The van der Waals surface area contributed by atoms with E-state index in [0.717, 1.165) is 0 Å². The minimum atomic E-state index is -2.34. The standard InChI is InChI=1S/C7H7.3BrH.Sn/c1-7-5-3-2-4-6-7;;;;/h2-5H,1H3;3*1H;/q;;;;+3/p-3. The monoisotopic (exact) mass is 448 g/mol. The van der Waals surface area contributed by atoms with Crippen LogP contribution in [0.25, 0.3) is 0 Å². The van der Waals surface area contributed by atoms with Gasteiger partial charge in [0.2, 0.25) is 0 Å². The molecule has 1 aromatic rings. The number of hydrogen-bond acceptors (Lipinski definition) is 0. The normalized spacial score (nSPS) is 11.6. The van der Waals surface area contributed by atoms with Crippen LogP contribution in [-0.2, 0) is 0 Å². The predicted molar refractivity (Wildman–Crippen MR) is 63.3 cm³/mol. The zero-order valence-corrected chi connectivity index (χ0v) is 13.6. The van der Waals surface area contributed by atoms with Crippen LogP contribution in [0.1, 0.15) is 5.56 Å². The quantitative estimate of drug-likeness (QED) is 0.577. The molecule has 0 aliphatic heterocycles. The summed E-state index contributed by atoms with van der Waals surface area (Å²) in [6.45, 7) is 2.13. The van der Waals surface area contributed by atoms with Crippen LogP contribution < -0.4 is 3.58 Å². The topological polar surface area (TPSA) is 0 Å². The van der Waals surface area contributed by atoms with Gasteiger partial charge < -0.3 is 0 Å². The molecule has 0 radical (unpaired) electrons. The molecule has 0 spiro atoms. The molecular formula is C7H7Br3Sn. The first-order chi connectivity index (χ1) is 5.02. The Bertz CT molecular complexity index is 254. The number of halogens is 3. The van der Waals surface area contributed by atoms with E-state index in [1.807, 2.05) is 0 Å². The van der Waals surface area contributed by atoms with Crippen molar-refractivity contribution in [1.29, 1.82) is 0 Å². The van der Waals surface area contributed by atoms with Crippen molar-refractivity contribution in [3.63, 3.8) is 0 Å². The molecule has 0 fully saturated rings. The van der Waals surface area contributed by atoms with Crippen LogP contribution in [0.2, 0.25) is 0 Å². The Morgan fingerprint density at radius 2 is 1.64 bits per heavy atom. The third-order valence-electron chi connectivity index (χ3n) is 1.45. The van der Waals surface area contributed by atoms with Gasteiger partial charge in [0.05, 0.1) is 0 Å². The summed E-state index contributed by atoms with van der Waals surface area (Å²) in [5, 5.41) is 0. The van der Waals surface area contributed by atoms with Crippen molar-refractivity contribution in [2.24, 2.45) is 0 Å². The van der Waals surface area contributed by atoms with E-state index in [0.29, 0.717) is 0 Å². The Labute approximate surface area is 88.9 Å². The molecule has 0 saturated heterocycles. The molecule has 0 N–H and O–H groups in total. The molecule has 11 heavy (non-hydrogen) atoms. The van der Waals surface area contributed by atoms with Crippen molar-refractivity contribution in [1.82, 2.24) is 0 Å². The van der Waals surface area contributed by atoms with Gasteiger partial charge >= 0.3 is 90.2 Å². The molecule has 0 unspecified atom stereocenters. The van der Waals surface area contributed by atoms with E-state index in [1.165, 1.54) is 9.14 Å². The van der Waals surface area contributed by atoms with Crippen LogP contribution in [0, 0.1) is 6.92 Å². The van der Waals surface area contributed by atoms with E-state index in [-0.39, 0.29) is 0 Å². The molecular weight excluding hydrogens is 442 g/mol. The average molecular weight is 450 g/mol. The van der Waals surface area contributed by atoms with Gasteiger partial charge in [0.25, 0.3) is 0 Å². The summed E-state index contributed by atoms with van der Waals surface area (Å²) in [7, 11) is 0. The maximum absolute atomic E-state index is 3.68. The summed E-state index contributed by atoms with van der Waals surface area (Å²) in [5.41, 5.74) is 1.34. The number of aryl methyl sites for hydroxylation is 1. The van der Waals surface area contributed by atoms with E-state index >= 15 is 0 Å². The van der Waals surface area contributed by atoms with Crippen LogP contribution in [0.3, 0.4) is 0 Å². The van der Waals surface area contributed by atoms with Crippen molar-refractivity contribution in [3.8, 4) is 0 Å². The van der Waals surface area contributed by atoms with Crippen LogP contribution >= 0.6 is 38.1 Å². The fourth-order valence-corrected chi connectivity index (χ4v) is 12.2. The molecule has 1 aromatic carbocycles. The van der Waals surface area contributed by atoms with Crippen molar-refractivity contribution in [2.75, 3.05) is 0 Å². The molecule has 60 valence electrons. The molecule has 0 aromatic heterocycles. The summed E-state index contributed by atoms with van der Waals surface area (Å²) in [4.78, 5) is 0. The Balaban J connectivity index is 3.14. The van der Waals surface area contributed by atoms with E-state index in [2.05, 4.69) is 69.3 Å². The fraction of sp³-hybridized carbons (Fsp3) is 0.143. The maximum atomic E-state index is 3.68. The summed E-state index contributed by atoms with van der Waals surface area (Å²) >= 11 is 8.71. The second kappa shape index (κ2) is 4.11. The van der Waals surface area contributed by atoms with Gasteiger partial charge in [0, 0.05) is 0 Å². The average Bonchev–Trinajstić information content (AvgIpc) is 1.86. The molecule has 0 aliphatic carbocycles. The molecule has 4 heteroatoms. The van der Waals surface area contributed by atoms with Gasteiger partial charge in [-0.05, 0) is 0 Å². The van der Waals surface area contributed by atoms with Crippen molar-refractivity contribution < 1.29 is 0 Å². The van der Waals surface area contributed by atoms with Crippen molar-refractivity contribution >= 4 is 53.4 Å². The van der Waals surface area contributed by atoms with Crippen molar-refractivity contribution in [2.45, 2.75) is 6.92 Å².